The average Bonchev–Trinajstić information content (AvgIpc) is 3.61. The Morgan fingerprint density at radius 2 is 1.80 bits per heavy atom. The molecule has 5 aromatic rings. The number of nitrogens with zero attached hydrogens (tertiary/aromatic N) is 7. The number of carbonyl (C=O) groups excluding carboxylic acids is 1. The van der Waals surface area contributed by atoms with Crippen LogP contribution in [-0.2, 0) is 6.54 Å². The first-order chi connectivity index (χ1) is 19.9. The Kier molecular flexibility index (Phi) is 7.31. The van der Waals surface area contributed by atoms with Crippen molar-refractivity contribution in [3.8, 4) is 11.4 Å². The van der Waals surface area contributed by atoms with Gasteiger partial charge in [-0.3, -0.25) is 14.3 Å². The number of carbonyl (C=O) groups is 1. The molecule has 0 aliphatic heterocycles. The quantitative estimate of drug-likeness (QED) is 0.298. The first-order valence-electron chi connectivity index (χ1n) is 13.2. The third-order valence-electron chi connectivity index (χ3n) is 7.45. The first-order valence-corrected chi connectivity index (χ1v) is 13.5. The van der Waals surface area contributed by atoms with Gasteiger partial charge in [-0.25, -0.2) is 27.8 Å². The third-order valence-corrected chi connectivity index (χ3v) is 7.65. The van der Waals surface area contributed by atoms with E-state index in [1.54, 1.807) is 38.5 Å². The van der Waals surface area contributed by atoms with E-state index in [0.29, 0.717) is 30.7 Å². The van der Waals surface area contributed by atoms with E-state index in [-0.39, 0.29) is 28.2 Å². The highest BCUT2D eigenvalue weighted by Crippen LogP contribution is 2.28. The maximum atomic E-state index is 13.7. The molecular weight excluding hydrogens is 554 g/mol. The summed E-state index contributed by atoms with van der Waals surface area (Å²) >= 11 is 5.90. The van der Waals surface area contributed by atoms with Crippen LogP contribution >= 0.6 is 11.6 Å². The Balaban J connectivity index is 1.17. The molecule has 4 heterocycles. The van der Waals surface area contributed by atoms with Gasteiger partial charge >= 0.3 is 5.69 Å². The van der Waals surface area contributed by atoms with Gasteiger partial charge in [0.2, 0.25) is 0 Å². The minimum absolute atomic E-state index is 0.119. The second-order valence-electron chi connectivity index (χ2n) is 10.0. The van der Waals surface area contributed by atoms with Gasteiger partial charge in [0.15, 0.2) is 5.65 Å². The van der Waals surface area contributed by atoms with Crippen molar-refractivity contribution in [3.05, 3.63) is 94.0 Å². The van der Waals surface area contributed by atoms with Crippen molar-refractivity contribution < 1.29 is 13.6 Å². The molecule has 1 aliphatic rings. The lowest BCUT2D eigenvalue weighted by Gasteiger charge is -2.29. The maximum Gasteiger partial charge on any atom is 0.334 e. The summed E-state index contributed by atoms with van der Waals surface area (Å²) in [6.07, 6.45) is 6.04. The molecule has 4 aromatic heterocycles. The van der Waals surface area contributed by atoms with E-state index in [1.807, 2.05) is 30.3 Å². The van der Waals surface area contributed by atoms with Gasteiger partial charge < -0.3 is 5.32 Å². The monoisotopic (exact) mass is 578 g/mol. The number of nitrogens with one attached hydrogen (secondary N) is 1. The smallest absolute Gasteiger partial charge is 0.334 e. The molecule has 1 aromatic carbocycles. The summed E-state index contributed by atoms with van der Waals surface area (Å²) in [5.41, 5.74) is 1.82. The molecule has 41 heavy (non-hydrogen) atoms. The number of pyridine rings is 2. The van der Waals surface area contributed by atoms with Gasteiger partial charge in [0.25, 0.3) is 12.3 Å². The van der Waals surface area contributed by atoms with Crippen molar-refractivity contribution >= 4 is 28.7 Å². The van der Waals surface area contributed by atoms with E-state index in [4.69, 9.17) is 11.6 Å². The second kappa shape index (κ2) is 11.2. The van der Waals surface area contributed by atoms with E-state index in [9.17, 15) is 18.4 Å². The zero-order valence-corrected chi connectivity index (χ0v) is 22.5. The molecule has 1 aliphatic carbocycles. The van der Waals surface area contributed by atoms with Crippen LogP contribution in [0, 0.1) is 5.92 Å². The van der Waals surface area contributed by atoms with Crippen LogP contribution in [0.25, 0.3) is 22.5 Å². The van der Waals surface area contributed by atoms with Crippen LogP contribution in [-0.4, -0.2) is 46.0 Å². The largest absolute Gasteiger partial charge is 0.349 e. The SMILES string of the molecule is O=C(N[C@H]1CC[C@H](Cn2c(=O)n(-c3ccc(-n4ccnn4)cc3)c3ncccc32)CC1)c1cc(Cl)cnc1C(F)F. The minimum Gasteiger partial charge on any atom is -0.349 e. The van der Waals surface area contributed by atoms with Crippen molar-refractivity contribution in [2.75, 3.05) is 0 Å². The van der Waals surface area contributed by atoms with Crippen LogP contribution in [0.3, 0.4) is 0 Å². The molecule has 0 bridgehead atoms. The van der Waals surface area contributed by atoms with Crippen LogP contribution in [0.5, 0.6) is 0 Å². The lowest BCUT2D eigenvalue weighted by molar-refractivity contribution is 0.0904. The Morgan fingerprint density at radius 1 is 1.05 bits per heavy atom. The predicted octanol–water partition coefficient (Wildman–Crippen LogP) is 4.74. The molecule has 13 heteroatoms. The fourth-order valence-electron chi connectivity index (χ4n) is 5.41. The molecule has 10 nitrogen and oxygen atoms in total. The molecule has 0 radical (unpaired) electrons. The van der Waals surface area contributed by atoms with Crippen molar-refractivity contribution in [3.63, 3.8) is 0 Å². The molecule has 1 saturated carbocycles. The summed E-state index contributed by atoms with van der Waals surface area (Å²) in [5.74, 6) is -0.418. The second-order valence-corrected chi connectivity index (χ2v) is 10.5. The molecule has 0 spiro atoms. The minimum atomic E-state index is -2.88. The summed E-state index contributed by atoms with van der Waals surface area (Å²) in [6.45, 7) is 0.499. The number of hydrogen-bond acceptors (Lipinski definition) is 6. The highest BCUT2D eigenvalue weighted by molar-refractivity contribution is 6.30. The van der Waals surface area contributed by atoms with Crippen molar-refractivity contribution in [2.45, 2.75) is 44.7 Å². The van der Waals surface area contributed by atoms with Gasteiger partial charge in [-0.2, -0.15) is 0 Å². The molecule has 1 fully saturated rings. The van der Waals surface area contributed by atoms with Crippen LogP contribution in [0.15, 0.2) is 72.0 Å². The van der Waals surface area contributed by atoms with Gasteiger partial charge in [-0.15, -0.1) is 5.10 Å². The third kappa shape index (κ3) is 5.34. The van der Waals surface area contributed by atoms with Gasteiger partial charge in [0.1, 0.15) is 5.69 Å². The van der Waals surface area contributed by atoms with E-state index in [2.05, 4.69) is 25.6 Å². The Bertz CT molecular complexity index is 1740. The molecule has 1 N–H and O–H groups in total. The number of aromatic nitrogens is 7. The molecule has 0 atom stereocenters. The number of rotatable bonds is 7. The molecule has 0 saturated heterocycles. The summed E-state index contributed by atoms with van der Waals surface area (Å²) in [4.78, 5) is 34.6. The number of benzene rings is 1. The molecule has 0 unspecified atom stereocenters. The predicted molar refractivity (Wildman–Crippen MR) is 148 cm³/mol. The fraction of sp³-hybridized carbons (Fsp3) is 0.286. The van der Waals surface area contributed by atoms with Gasteiger partial charge in [-0.1, -0.05) is 16.8 Å². The summed E-state index contributed by atoms with van der Waals surface area (Å²) in [7, 11) is 0. The van der Waals surface area contributed by atoms with Crippen LogP contribution in [0.4, 0.5) is 8.78 Å². The highest BCUT2D eigenvalue weighted by Gasteiger charge is 2.27. The topological polar surface area (TPSA) is 113 Å². The van der Waals surface area contributed by atoms with Gasteiger partial charge in [0, 0.05) is 25.0 Å². The fourth-order valence-corrected chi connectivity index (χ4v) is 5.57. The molecule has 6 rings (SSSR count). The van der Waals surface area contributed by atoms with Crippen LogP contribution in [0.2, 0.25) is 5.02 Å². The number of amides is 1. The van der Waals surface area contributed by atoms with E-state index < -0.39 is 18.0 Å². The Morgan fingerprint density at radius 3 is 2.51 bits per heavy atom. The zero-order valence-electron chi connectivity index (χ0n) is 21.7. The molecular formula is C28H25ClF2N8O2. The normalized spacial score (nSPS) is 17.3. The first kappa shape index (κ1) is 26.8. The van der Waals surface area contributed by atoms with E-state index in [0.717, 1.165) is 30.2 Å². The van der Waals surface area contributed by atoms with Crippen LogP contribution < -0.4 is 11.0 Å². The Labute approximate surface area is 237 Å². The number of fused-ring (bicyclic) bond motifs is 1. The lowest BCUT2D eigenvalue weighted by atomic mass is 9.85. The van der Waals surface area contributed by atoms with Crippen molar-refractivity contribution in [2.24, 2.45) is 5.92 Å². The summed E-state index contributed by atoms with van der Waals surface area (Å²) in [5, 5.41) is 10.8. The lowest BCUT2D eigenvalue weighted by Crippen LogP contribution is -2.39. The number of alkyl halides is 2. The highest BCUT2D eigenvalue weighted by atomic mass is 35.5. The molecule has 210 valence electrons. The number of halogens is 3. The van der Waals surface area contributed by atoms with E-state index in [1.165, 1.54) is 6.07 Å². The van der Waals surface area contributed by atoms with E-state index >= 15 is 0 Å². The number of hydrogen-bond donors (Lipinski definition) is 1. The average molecular weight is 579 g/mol. The van der Waals surface area contributed by atoms with Crippen molar-refractivity contribution in [1.82, 2.24) is 39.4 Å². The maximum absolute atomic E-state index is 13.7. The number of imidazole rings is 1. The zero-order chi connectivity index (χ0) is 28.5. The summed E-state index contributed by atoms with van der Waals surface area (Å²) in [6, 6.07) is 12.2. The molecule has 1 amide bonds. The van der Waals surface area contributed by atoms with Gasteiger partial charge in [-0.05, 0) is 74.1 Å². The van der Waals surface area contributed by atoms with Crippen LogP contribution in [0.1, 0.15) is 48.2 Å². The van der Waals surface area contributed by atoms with Crippen molar-refractivity contribution in [1.29, 1.82) is 0 Å². The Hall–Kier alpha value is -4.45. The standard InChI is InChI=1S/C28H25ClF2N8O2/c29-18-14-22(24(25(30)31)33-15-18)27(40)35-19-5-3-17(4-6-19)16-37-23-2-1-11-32-26(23)39(28(37)41)21-9-7-20(8-10-21)38-13-12-34-36-38/h1-2,7-15,17,19,25H,3-6,16H2,(H,35,40)/t17-,19-. The van der Waals surface area contributed by atoms with Gasteiger partial charge in [0.05, 0.1) is 39.9 Å². The summed E-state index contributed by atoms with van der Waals surface area (Å²) < 4.78 is 31.7.